The maximum absolute atomic E-state index is 14.6. The third-order valence-corrected chi connectivity index (χ3v) is 9.21. The highest BCUT2D eigenvalue weighted by molar-refractivity contribution is 7.92. The van der Waals surface area contributed by atoms with E-state index in [2.05, 4.69) is 15.0 Å². The standard InChI is InChI=1S/C32H26F2N4O7S2/c1-35-31(39)28-22-15-20(25(38(2)47(4,42)43)16-27(22)44-30(28)17-8-11-19(33)12-9-17)18-10-13-24(37-46(3,40)41)21(14-18)32-36-29-23(34)6-5-7-26(29)45-32/h5-16,37H,1-4H3,(H,35,39). The minimum absolute atomic E-state index is 0.0651. The van der Waals surface area contributed by atoms with Gasteiger partial charge in [-0.2, -0.15) is 0 Å². The fourth-order valence-electron chi connectivity index (χ4n) is 5.17. The first-order valence-electron chi connectivity index (χ1n) is 13.8. The van der Waals surface area contributed by atoms with Crippen LogP contribution in [0.15, 0.2) is 81.6 Å². The number of furan rings is 1. The van der Waals surface area contributed by atoms with Crippen molar-refractivity contribution < 1.29 is 39.2 Å². The molecule has 47 heavy (non-hydrogen) atoms. The summed E-state index contributed by atoms with van der Waals surface area (Å²) < 4.78 is 93.8. The summed E-state index contributed by atoms with van der Waals surface area (Å²) in [6.45, 7) is 0. The number of carbonyl (C=O) groups excluding carboxylic acids is 1. The SMILES string of the molecule is CNC(=O)c1c(-c2ccc(F)cc2)oc2cc(N(C)S(C)(=O)=O)c(-c3ccc(NS(C)(=O)=O)c(-c4nc5c(F)cccc5o4)c3)cc12. The zero-order chi connectivity index (χ0) is 33.8. The first-order valence-corrected chi connectivity index (χ1v) is 17.6. The number of anilines is 2. The van der Waals surface area contributed by atoms with E-state index in [0.717, 1.165) is 16.8 Å². The first-order chi connectivity index (χ1) is 22.1. The number of nitrogens with one attached hydrogen (secondary N) is 2. The van der Waals surface area contributed by atoms with Crippen LogP contribution in [-0.2, 0) is 20.0 Å². The smallest absolute Gasteiger partial charge is 0.255 e. The monoisotopic (exact) mass is 680 g/mol. The molecular formula is C32H26F2N4O7S2. The van der Waals surface area contributed by atoms with Gasteiger partial charge in [0.15, 0.2) is 11.4 Å². The number of rotatable bonds is 8. The molecule has 2 aromatic heterocycles. The summed E-state index contributed by atoms with van der Waals surface area (Å²) in [5.74, 6) is -1.62. The molecule has 0 aliphatic rings. The molecule has 6 rings (SSSR count). The second kappa shape index (κ2) is 11.5. The predicted molar refractivity (Wildman–Crippen MR) is 175 cm³/mol. The maximum Gasteiger partial charge on any atom is 0.255 e. The molecule has 0 aliphatic heterocycles. The molecule has 0 unspecified atom stereocenters. The molecular weight excluding hydrogens is 655 g/mol. The lowest BCUT2D eigenvalue weighted by Gasteiger charge is -2.21. The summed E-state index contributed by atoms with van der Waals surface area (Å²) in [6, 6.07) is 17.0. The van der Waals surface area contributed by atoms with Gasteiger partial charge in [0.2, 0.25) is 25.9 Å². The van der Waals surface area contributed by atoms with E-state index in [4.69, 9.17) is 8.83 Å². The number of oxazole rings is 1. The number of nitrogens with zero attached hydrogens (tertiary/aromatic N) is 2. The van der Waals surface area contributed by atoms with Crippen molar-refractivity contribution in [3.05, 3.63) is 90.0 Å². The topological polar surface area (TPSA) is 152 Å². The van der Waals surface area contributed by atoms with E-state index in [0.29, 0.717) is 22.1 Å². The fourth-order valence-corrected chi connectivity index (χ4v) is 6.25. The Morgan fingerprint density at radius 3 is 2.19 bits per heavy atom. The second-order valence-electron chi connectivity index (χ2n) is 10.7. The number of sulfonamides is 2. The van der Waals surface area contributed by atoms with E-state index < -0.39 is 37.6 Å². The van der Waals surface area contributed by atoms with Crippen molar-refractivity contribution >= 4 is 59.4 Å². The van der Waals surface area contributed by atoms with Crippen LogP contribution in [0.1, 0.15) is 10.4 Å². The highest BCUT2D eigenvalue weighted by Gasteiger charge is 2.27. The van der Waals surface area contributed by atoms with E-state index in [9.17, 15) is 30.4 Å². The number of carbonyl (C=O) groups is 1. The quantitative estimate of drug-likeness (QED) is 0.199. The lowest BCUT2D eigenvalue weighted by atomic mass is 9.96. The molecule has 2 heterocycles. The Balaban J connectivity index is 1.66. The lowest BCUT2D eigenvalue weighted by molar-refractivity contribution is 0.0964. The third-order valence-electron chi connectivity index (χ3n) is 7.43. The zero-order valence-corrected chi connectivity index (χ0v) is 26.9. The number of amides is 1. The van der Waals surface area contributed by atoms with Crippen molar-refractivity contribution in [3.63, 3.8) is 0 Å². The molecule has 0 spiro atoms. The molecule has 0 radical (unpaired) electrons. The lowest BCUT2D eigenvalue weighted by Crippen LogP contribution is -2.25. The van der Waals surface area contributed by atoms with Crippen LogP contribution in [-0.4, -0.2) is 54.3 Å². The molecule has 0 fully saturated rings. The van der Waals surface area contributed by atoms with Gasteiger partial charge < -0.3 is 14.2 Å². The van der Waals surface area contributed by atoms with Gasteiger partial charge >= 0.3 is 0 Å². The molecule has 4 aromatic carbocycles. The van der Waals surface area contributed by atoms with E-state index in [1.807, 2.05) is 0 Å². The van der Waals surface area contributed by atoms with Gasteiger partial charge in [-0.15, -0.1) is 0 Å². The predicted octanol–water partition coefficient (Wildman–Crippen LogP) is 5.98. The molecule has 0 bridgehead atoms. The van der Waals surface area contributed by atoms with Gasteiger partial charge in [-0.05, 0) is 60.2 Å². The van der Waals surface area contributed by atoms with Crippen LogP contribution in [0.2, 0.25) is 0 Å². The number of hydrogen-bond donors (Lipinski definition) is 2. The molecule has 11 nitrogen and oxygen atoms in total. The van der Waals surface area contributed by atoms with Gasteiger partial charge in [0, 0.05) is 36.7 Å². The third kappa shape index (κ3) is 6.02. The average Bonchev–Trinajstić information content (AvgIpc) is 3.61. The van der Waals surface area contributed by atoms with E-state index in [-0.39, 0.29) is 50.8 Å². The van der Waals surface area contributed by atoms with Gasteiger partial charge in [0.1, 0.15) is 22.7 Å². The normalized spacial score (nSPS) is 12.0. The fraction of sp³-hybridized carbons (Fsp3) is 0.125. The Hall–Kier alpha value is -5.28. The molecule has 0 saturated heterocycles. The van der Waals surface area contributed by atoms with Gasteiger partial charge in [0.05, 0.1) is 35.0 Å². The Labute approximate surface area is 267 Å². The second-order valence-corrected chi connectivity index (χ2v) is 14.5. The molecule has 15 heteroatoms. The Morgan fingerprint density at radius 2 is 1.55 bits per heavy atom. The highest BCUT2D eigenvalue weighted by Crippen LogP contribution is 2.43. The summed E-state index contributed by atoms with van der Waals surface area (Å²) >= 11 is 0. The summed E-state index contributed by atoms with van der Waals surface area (Å²) in [6.07, 6.45) is 1.97. The summed E-state index contributed by atoms with van der Waals surface area (Å²) in [4.78, 5) is 17.5. The van der Waals surface area contributed by atoms with E-state index in [1.54, 1.807) is 12.1 Å². The number of halogens is 2. The van der Waals surface area contributed by atoms with Crippen molar-refractivity contribution in [1.82, 2.24) is 10.3 Å². The van der Waals surface area contributed by atoms with Crippen LogP contribution in [0, 0.1) is 11.6 Å². The van der Waals surface area contributed by atoms with Crippen molar-refractivity contribution in [3.8, 4) is 33.9 Å². The summed E-state index contributed by atoms with van der Waals surface area (Å²) in [5.41, 5.74) is 1.76. The number of para-hydroxylation sites is 1. The van der Waals surface area contributed by atoms with E-state index >= 15 is 0 Å². The zero-order valence-electron chi connectivity index (χ0n) is 25.3. The van der Waals surface area contributed by atoms with Crippen LogP contribution in [0.5, 0.6) is 0 Å². The number of benzene rings is 4. The summed E-state index contributed by atoms with van der Waals surface area (Å²) in [5, 5.41) is 2.90. The minimum Gasteiger partial charge on any atom is -0.455 e. The van der Waals surface area contributed by atoms with E-state index in [1.165, 1.54) is 74.8 Å². The van der Waals surface area contributed by atoms with Gasteiger partial charge in [-0.1, -0.05) is 12.1 Å². The van der Waals surface area contributed by atoms with Gasteiger partial charge in [-0.25, -0.2) is 30.6 Å². The average molecular weight is 681 g/mol. The van der Waals surface area contributed by atoms with Crippen LogP contribution >= 0.6 is 0 Å². The largest absolute Gasteiger partial charge is 0.455 e. The Kier molecular flexibility index (Phi) is 7.76. The Bertz CT molecular complexity index is 2440. The van der Waals surface area contributed by atoms with Crippen molar-refractivity contribution in [2.75, 3.05) is 35.6 Å². The summed E-state index contributed by atoms with van der Waals surface area (Å²) in [7, 11) is -4.87. The molecule has 0 atom stereocenters. The number of aromatic nitrogens is 1. The minimum atomic E-state index is -3.85. The molecule has 2 N–H and O–H groups in total. The Morgan fingerprint density at radius 1 is 0.851 bits per heavy atom. The maximum atomic E-state index is 14.6. The van der Waals surface area contributed by atoms with Crippen molar-refractivity contribution in [2.24, 2.45) is 0 Å². The molecule has 1 amide bonds. The van der Waals surface area contributed by atoms with Crippen LogP contribution in [0.4, 0.5) is 20.2 Å². The van der Waals surface area contributed by atoms with Gasteiger partial charge in [-0.3, -0.25) is 13.8 Å². The number of fused-ring (bicyclic) bond motifs is 2. The van der Waals surface area contributed by atoms with Gasteiger partial charge in [0.25, 0.3) is 5.91 Å². The molecule has 0 saturated carbocycles. The molecule has 0 aliphatic carbocycles. The number of hydrogen-bond acceptors (Lipinski definition) is 8. The first kappa shape index (κ1) is 31.7. The van der Waals surface area contributed by atoms with Crippen LogP contribution < -0.4 is 14.3 Å². The van der Waals surface area contributed by atoms with Crippen molar-refractivity contribution in [1.29, 1.82) is 0 Å². The van der Waals surface area contributed by atoms with Crippen molar-refractivity contribution in [2.45, 2.75) is 0 Å². The molecule has 6 aromatic rings. The van der Waals surface area contributed by atoms with Crippen LogP contribution in [0.25, 0.3) is 56.0 Å². The highest BCUT2D eigenvalue weighted by atomic mass is 32.2. The van der Waals surface area contributed by atoms with Crippen LogP contribution in [0.3, 0.4) is 0 Å². The molecule has 242 valence electrons.